The van der Waals surface area contributed by atoms with Gasteiger partial charge in [-0.3, -0.25) is 4.79 Å². The number of anilines is 1. The number of carboxylic acids is 1. The van der Waals surface area contributed by atoms with Gasteiger partial charge in [0.15, 0.2) is 11.6 Å². The first kappa shape index (κ1) is 19.1. The number of carbonyl (C=O) groups excluding carboxylic acids is 1. The summed E-state index contributed by atoms with van der Waals surface area (Å²) >= 11 is 0.960. The van der Waals surface area contributed by atoms with Gasteiger partial charge >= 0.3 is 5.97 Å². The van der Waals surface area contributed by atoms with Gasteiger partial charge in [0.1, 0.15) is 10.6 Å². The number of carboxylic acid groups (broad SMARTS) is 1. The summed E-state index contributed by atoms with van der Waals surface area (Å²) in [4.78, 5) is 24.8. The smallest absolute Gasteiger partial charge is 0.346 e. The molecule has 0 unspecified atom stereocenters. The Bertz CT molecular complexity index is 1120. The van der Waals surface area contributed by atoms with Gasteiger partial charge in [0, 0.05) is 22.8 Å². The average molecular weight is 415 g/mol. The highest BCUT2D eigenvalue weighted by atomic mass is 32.1. The lowest BCUT2D eigenvalue weighted by molar-refractivity contribution is -0.116. The molecular weight excluding hydrogens is 400 g/mol. The van der Waals surface area contributed by atoms with Crippen LogP contribution in [0, 0.1) is 11.6 Å². The first-order chi connectivity index (χ1) is 13.9. The van der Waals surface area contributed by atoms with Gasteiger partial charge in [0.05, 0.1) is 12.8 Å². The minimum absolute atomic E-state index is 0.0178. The van der Waals surface area contributed by atoms with Crippen LogP contribution in [-0.4, -0.2) is 24.1 Å². The monoisotopic (exact) mass is 415 g/mol. The molecule has 4 rings (SSSR count). The Morgan fingerprint density at radius 2 is 1.93 bits per heavy atom. The van der Waals surface area contributed by atoms with E-state index in [2.05, 4.69) is 5.32 Å². The van der Waals surface area contributed by atoms with Crippen molar-refractivity contribution >= 4 is 28.9 Å². The van der Waals surface area contributed by atoms with E-state index in [9.17, 15) is 23.5 Å². The van der Waals surface area contributed by atoms with E-state index < -0.39 is 29.4 Å². The maximum absolute atomic E-state index is 14.4. The lowest BCUT2D eigenvalue weighted by Crippen LogP contribution is -2.23. The molecule has 8 heteroatoms. The number of aromatic carboxylic acids is 1. The fourth-order valence-corrected chi connectivity index (χ4v) is 4.75. The lowest BCUT2D eigenvalue weighted by atomic mass is 9.88. The van der Waals surface area contributed by atoms with Crippen LogP contribution >= 0.6 is 11.3 Å². The third kappa shape index (κ3) is 3.25. The Morgan fingerprint density at radius 3 is 2.59 bits per heavy atom. The van der Waals surface area contributed by atoms with Gasteiger partial charge in [-0.05, 0) is 29.3 Å². The maximum atomic E-state index is 14.4. The number of rotatable bonds is 4. The molecule has 2 aromatic carbocycles. The summed E-state index contributed by atoms with van der Waals surface area (Å²) in [7, 11) is 1.52. The van der Waals surface area contributed by atoms with Crippen molar-refractivity contribution in [1.82, 2.24) is 0 Å². The highest BCUT2D eigenvalue weighted by molar-refractivity contribution is 7.15. The van der Waals surface area contributed by atoms with Crippen molar-refractivity contribution in [2.45, 2.75) is 12.3 Å². The molecule has 148 valence electrons. The summed E-state index contributed by atoms with van der Waals surface area (Å²) in [6.07, 6.45) is -0.102. The molecule has 1 aromatic heterocycles. The average Bonchev–Trinajstić information content (AvgIpc) is 3.09. The number of hydrogen-bond acceptors (Lipinski definition) is 4. The maximum Gasteiger partial charge on any atom is 0.346 e. The molecule has 29 heavy (non-hydrogen) atoms. The molecule has 1 aliphatic rings. The van der Waals surface area contributed by atoms with Crippen LogP contribution in [0.2, 0.25) is 0 Å². The van der Waals surface area contributed by atoms with Crippen LogP contribution in [0.15, 0.2) is 42.5 Å². The minimum Gasteiger partial charge on any atom is -0.497 e. The molecule has 2 heterocycles. The second-order valence-corrected chi connectivity index (χ2v) is 7.58. The molecule has 5 nitrogen and oxygen atoms in total. The van der Waals surface area contributed by atoms with Crippen LogP contribution in [-0.2, 0) is 4.79 Å². The van der Waals surface area contributed by atoms with Gasteiger partial charge in [-0.1, -0.05) is 24.3 Å². The summed E-state index contributed by atoms with van der Waals surface area (Å²) in [6.45, 7) is 0. The van der Waals surface area contributed by atoms with Crippen molar-refractivity contribution in [1.29, 1.82) is 0 Å². The van der Waals surface area contributed by atoms with Gasteiger partial charge in [-0.15, -0.1) is 11.3 Å². The second kappa shape index (κ2) is 7.29. The highest BCUT2D eigenvalue weighted by Crippen LogP contribution is 2.50. The van der Waals surface area contributed by atoms with E-state index in [0.29, 0.717) is 27.4 Å². The van der Waals surface area contributed by atoms with Crippen molar-refractivity contribution in [3.05, 3.63) is 69.4 Å². The number of thiophene rings is 1. The van der Waals surface area contributed by atoms with E-state index >= 15 is 0 Å². The molecule has 2 N–H and O–H groups in total. The van der Waals surface area contributed by atoms with Gasteiger partial charge in [-0.2, -0.15) is 0 Å². The normalized spacial score (nSPS) is 15.6. The minimum atomic E-state index is -1.16. The largest absolute Gasteiger partial charge is 0.497 e. The molecule has 0 fully saturated rings. The summed E-state index contributed by atoms with van der Waals surface area (Å²) < 4.78 is 33.4. The lowest BCUT2D eigenvalue weighted by Gasteiger charge is -2.24. The molecule has 1 atom stereocenters. The first-order valence-corrected chi connectivity index (χ1v) is 9.50. The first-order valence-electron chi connectivity index (χ1n) is 8.68. The van der Waals surface area contributed by atoms with Crippen LogP contribution < -0.4 is 10.1 Å². The predicted molar refractivity (Wildman–Crippen MR) is 105 cm³/mol. The van der Waals surface area contributed by atoms with Gasteiger partial charge in [0.25, 0.3) is 0 Å². The van der Waals surface area contributed by atoms with E-state index in [4.69, 9.17) is 4.74 Å². The molecule has 0 bridgehead atoms. The quantitative estimate of drug-likeness (QED) is 0.637. The summed E-state index contributed by atoms with van der Waals surface area (Å²) in [5.74, 6) is -3.78. The van der Waals surface area contributed by atoms with E-state index in [1.165, 1.54) is 19.2 Å². The van der Waals surface area contributed by atoms with Crippen molar-refractivity contribution in [3.8, 4) is 16.9 Å². The fraction of sp³-hybridized carbons (Fsp3) is 0.143. The van der Waals surface area contributed by atoms with E-state index in [1.54, 1.807) is 24.3 Å². The Hall–Kier alpha value is -3.26. The Labute approximate surface area is 168 Å². The Balaban J connectivity index is 1.93. The van der Waals surface area contributed by atoms with Crippen LogP contribution in [0.5, 0.6) is 5.75 Å². The zero-order valence-corrected chi connectivity index (χ0v) is 16.0. The molecule has 0 saturated heterocycles. The van der Waals surface area contributed by atoms with Crippen molar-refractivity contribution in [2.24, 2.45) is 0 Å². The number of nitrogens with one attached hydrogen (secondary N) is 1. The molecule has 0 radical (unpaired) electrons. The fourth-order valence-electron chi connectivity index (χ4n) is 3.51. The molecule has 3 aromatic rings. The summed E-state index contributed by atoms with van der Waals surface area (Å²) in [6, 6.07) is 10.5. The zero-order valence-electron chi connectivity index (χ0n) is 15.2. The Kier molecular flexibility index (Phi) is 4.79. The number of benzene rings is 2. The summed E-state index contributed by atoms with van der Waals surface area (Å²) in [5, 5.41) is 12.5. The molecule has 0 saturated carbocycles. The predicted octanol–water partition coefficient (Wildman–Crippen LogP) is 4.87. The molecular formula is C21H15F2NO4S. The van der Waals surface area contributed by atoms with Crippen molar-refractivity contribution in [3.63, 3.8) is 0 Å². The van der Waals surface area contributed by atoms with Gasteiger partial charge in [0.2, 0.25) is 5.91 Å². The number of hydrogen-bond donors (Lipinski definition) is 2. The van der Waals surface area contributed by atoms with E-state index in [1.807, 2.05) is 0 Å². The number of carbonyl (C=O) groups is 2. The third-order valence-electron chi connectivity index (χ3n) is 4.84. The highest BCUT2D eigenvalue weighted by Gasteiger charge is 2.35. The standard InChI is InChI=1S/C21H15F2NO4S/c1-28-11-7-5-10(6-8-11)16-18-19(29-20(16)21(26)27)13(9-15(25)24-18)12-3-2-4-14(22)17(12)23/h2-8,13H,9H2,1H3,(H,24,25)(H,26,27)/t13-/m1/s1. The van der Waals surface area contributed by atoms with Crippen molar-refractivity contribution < 1.29 is 28.2 Å². The topological polar surface area (TPSA) is 75.6 Å². The van der Waals surface area contributed by atoms with Gasteiger partial charge < -0.3 is 15.2 Å². The number of fused-ring (bicyclic) bond motifs is 1. The molecule has 1 aliphatic heterocycles. The molecule has 1 amide bonds. The number of amides is 1. The van der Waals surface area contributed by atoms with Crippen LogP contribution in [0.4, 0.5) is 14.5 Å². The van der Waals surface area contributed by atoms with Crippen LogP contribution in [0.25, 0.3) is 11.1 Å². The zero-order chi connectivity index (χ0) is 20.7. The third-order valence-corrected chi connectivity index (χ3v) is 6.13. The number of halogens is 2. The molecule has 0 aliphatic carbocycles. The number of methoxy groups -OCH3 is 1. The van der Waals surface area contributed by atoms with E-state index in [-0.39, 0.29) is 16.9 Å². The van der Waals surface area contributed by atoms with Crippen LogP contribution in [0.3, 0.4) is 0 Å². The van der Waals surface area contributed by atoms with E-state index in [0.717, 1.165) is 17.4 Å². The second-order valence-electron chi connectivity index (χ2n) is 6.53. The van der Waals surface area contributed by atoms with Crippen molar-refractivity contribution in [2.75, 3.05) is 12.4 Å². The Morgan fingerprint density at radius 1 is 1.21 bits per heavy atom. The van der Waals surface area contributed by atoms with Gasteiger partial charge in [-0.25, -0.2) is 13.6 Å². The number of ether oxygens (including phenoxy) is 1. The summed E-state index contributed by atoms with van der Waals surface area (Å²) in [5.41, 5.74) is 1.26. The van der Waals surface area contributed by atoms with Crippen LogP contribution in [0.1, 0.15) is 32.5 Å². The molecule has 0 spiro atoms. The SMILES string of the molecule is COc1ccc(-c2c(C(=O)O)sc3c2NC(=O)C[C@@H]3c2cccc(F)c2F)cc1.